The molecule has 1 atom stereocenters. The first-order valence-electron chi connectivity index (χ1n) is 7.68. The maximum Gasteiger partial charge on any atom is 0.320 e. The standard InChI is InChI=1S/C7H8O3S.C6H13NO2.C4H6O2S/c1-6-2-4-7(5-3-6)11(8,9)10;1-4(2)3-5(7)6(8)9;1-3-7(5,6)4-2/h2-5H,1H3,(H,8,9,10);4-5H,3,7H2,1-2H3,(H,8,9);3-4H,1-2H2/t;5-;/m.0./s1. The first-order valence-corrected chi connectivity index (χ1v) is 10.7. The van der Waals surface area contributed by atoms with Crippen LogP contribution in [-0.4, -0.2) is 38.5 Å². The van der Waals surface area contributed by atoms with Gasteiger partial charge in [-0.25, -0.2) is 8.42 Å². The summed E-state index contributed by atoms with van der Waals surface area (Å²) in [7, 11) is -7.15. The lowest BCUT2D eigenvalue weighted by molar-refractivity contribution is -0.138. The molecule has 0 saturated carbocycles. The lowest BCUT2D eigenvalue weighted by atomic mass is 10.1. The fourth-order valence-electron chi connectivity index (χ4n) is 1.39. The fraction of sp³-hybridized carbons (Fsp3) is 0.353. The number of hydrogen-bond donors (Lipinski definition) is 3. The Bertz CT molecular complexity index is 797. The number of benzene rings is 1. The Kier molecular flexibility index (Phi) is 12.5. The van der Waals surface area contributed by atoms with Crippen molar-refractivity contribution >= 4 is 25.9 Å². The van der Waals surface area contributed by atoms with Crippen molar-refractivity contribution in [2.45, 2.75) is 38.1 Å². The summed E-state index contributed by atoms with van der Waals surface area (Å²) in [5, 5.41) is 10.0. The number of carbonyl (C=O) groups is 1. The van der Waals surface area contributed by atoms with E-state index < -0.39 is 32.0 Å². The van der Waals surface area contributed by atoms with Crippen LogP contribution in [0.5, 0.6) is 0 Å². The van der Waals surface area contributed by atoms with Gasteiger partial charge < -0.3 is 10.8 Å². The largest absolute Gasteiger partial charge is 0.480 e. The van der Waals surface area contributed by atoms with Crippen molar-refractivity contribution in [2.24, 2.45) is 11.7 Å². The van der Waals surface area contributed by atoms with E-state index in [1.165, 1.54) is 12.1 Å². The minimum atomic E-state index is -4.02. The molecule has 0 heterocycles. The molecule has 0 aliphatic carbocycles. The lowest BCUT2D eigenvalue weighted by Gasteiger charge is -2.07. The lowest BCUT2D eigenvalue weighted by Crippen LogP contribution is -2.31. The number of nitrogens with two attached hydrogens (primary N) is 1. The summed E-state index contributed by atoms with van der Waals surface area (Å²) in [5.41, 5.74) is 6.17. The molecule has 1 aromatic rings. The van der Waals surface area contributed by atoms with E-state index in [9.17, 15) is 21.6 Å². The molecular weight excluding hydrogens is 394 g/mol. The highest BCUT2D eigenvalue weighted by molar-refractivity contribution is 7.97. The quantitative estimate of drug-likeness (QED) is 0.592. The summed E-state index contributed by atoms with van der Waals surface area (Å²) < 4.78 is 49.8. The molecule has 4 N–H and O–H groups in total. The fourth-order valence-corrected chi connectivity index (χ4v) is 2.00. The van der Waals surface area contributed by atoms with E-state index in [4.69, 9.17) is 15.4 Å². The third-order valence-corrected chi connectivity index (χ3v) is 4.62. The summed E-state index contributed by atoms with van der Waals surface area (Å²) in [5.74, 6) is -0.556. The summed E-state index contributed by atoms with van der Waals surface area (Å²) in [6.45, 7) is 11.8. The Hall–Kier alpha value is -2.01. The minimum absolute atomic E-state index is 0.0666. The zero-order valence-electron chi connectivity index (χ0n) is 15.6. The molecule has 0 aliphatic rings. The second kappa shape index (κ2) is 12.4. The number of rotatable bonds is 6. The van der Waals surface area contributed by atoms with Crippen LogP contribution in [-0.2, 0) is 24.7 Å². The van der Waals surface area contributed by atoms with Crippen molar-refractivity contribution in [3.8, 4) is 0 Å². The zero-order chi connectivity index (χ0) is 21.8. The van der Waals surface area contributed by atoms with E-state index in [-0.39, 0.29) is 4.90 Å². The molecule has 0 saturated heterocycles. The number of aryl methyl sites for hydroxylation is 1. The van der Waals surface area contributed by atoms with Crippen molar-refractivity contribution in [3.63, 3.8) is 0 Å². The van der Waals surface area contributed by atoms with E-state index in [0.717, 1.165) is 16.4 Å². The van der Waals surface area contributed by atoms with E-state index in [0.29, 0.717) is 12.3 Å². The van der Waals surface area contributed by atoms with E-state index >= 15 is 0 Å². The Labute approximate surface area is 161 Å². The van der Waals surface area contributed by atoms with Gasteiger partial charge in [0.2, 0.25) is 0 Å². The third kappa shape index (κ3) is 14.8. The van der Waals surface area contributed by atoms with Crippen molar-refractivity contribution in [1.82, 2.24) is 0 Å². The minimum Gasteiger partial charge on any atom is -0.480 e. The van der Waals surface area contributed by atoms with E-state index in [1.807, 2.05) is 20.8 Å². The molecule has 0 spiro atoms. The molecule has 0 amide bonds. The maximum atomic E-state index is 10.5. The molecule has 10 heteroatoms. The van der Waals surface area contributed by atoms with Gasteiger partial charge in [0.25, 0.3) is 10.1 Å². The highest BCUT2D eigenvalue weighted by Gasteiger charge is 2.12. The van der Waals surface area contributed by atoms with Gasteiger partial charge in [-0.05, 0) is 31.4 Å². The van der Waals surface area contributed by atoms with Crippen molar-refractivity contribution in [3.05, 3.63) is 53.8 Å². The van der Waals surface area contributed by atoms with Crippen molar-refractivity contribution in [2.75, 3.05) is 0 Å². The first-order chi connectivity index (χ1) is 12.2. The Balaban J connectivity index is 0. The second-order valence-electron chi connectivity index (χ2n) is 5.78. The molecule has 154 valence electrons. The Morgan fingerprint density at radius 1 is 1.11 bits per heavy atom. The van der Waals surface area contributed by atoms with Crippen LogP contribution in [0.3, 0.4) is 0 Å². The van der Waals surface area contributed by atoms with Crippen LogP contribution >= 0.6 is 0 Å². The van der Waals surface area contributed by atoms with Crippen LogP contribution in [0.25, 0.3) is 0 Å². The molecular formula is C17H27NO7S2. The summed E-state index contributed by atoms with van der Waals surface area (Å²) in [6, 6.07) is 5.30. The van der Waals surface area contributed by atoms with Gasteiger partial charge in [-0.1, -0.05) is 44.7 Å². The Morgan fingerprint density at radius 2 is 1.52 bits per heavy atom. The van der Waals surface area contributed by atoms with E-state index in [2.05, 4.69) is 13.2 Å². The summed E-state index contributed by atoms with van der Waals surface area (Å²) in [6.07, 6.45) is 0.551. The highest BCUT2D eigenvalue weighted by atomic mass is 32.2. The molecule has 0 aliphatic heterocycles. The second-order valence-corrected chi connectivity index (χ2v) is 9.05. The predicted molar refractivity (Wildman–Crippen MR) is 105 cm³/mol. The molecule has 0 aromatic heterocycles. The Morgan fingerprint density at radius 3 is 1.70 bits per heavy atom. The molecule has 27 heavy (non-hydrogen) atoms. The van der Waals surface area contributed by atoms with Crippen molar-refractivity contribution in [1.29, 1.82) is 0 Å². The SMILES string of the molecule is C=CS(=O)(=O)C=C.CC(C)C[C@H](N)C(=O)O.Cc1ccc(S(=O)(=O)O)cc1. The number of sulfone groups is 1. The average molecular weight is 422 g/mol. The van der Waals surface area contributed by atoms with Crippen LogP contribution in [0.2, 0.25) is 0 Å². The average Bonchev–Trinajstić information content (AvgIpc) is 2.55. The first kappa shape index (κ1) is 27.2. The molecule has 1 rings (SSSR count). The van der Waals surface area contributed by atoms with Crippen LogP contribution in [0.1, 0.15) is 25.8 Å². The van der Waals surface area contributed by atoms with Gasteiger partial charge in [0.05, 0.1) is 4.90 Å². The van der Waals surface area contributed by atoms with Gasteiger partial charge in [-0.15, -0.1) is 0 Å². The molecule has 0 bridgehead atoms. The van der Waals surface area contributed by atoms with Gasteiger partial charge in [-0.3, -0.25) is 9.35 Å². The van der Waals surface area contributed by atoms with Gasteiger partial charge in [0.1, 0.15) is 6.04 Å². The van der Waals surface area contributed by atoms with Crippen LogP contribution in [0.15, 0.2) is 53.1 Å². The zero-order valence-corrected chi connectivity index (χ0v) is 17.2. The summed E-state index contributed by atoms with van der Waals surface area (Å²) in [4.78, 5) is 10.0. The smallest absolute Gasteiger partial charge is 0.320 e. The third-order valence-electron chi connectivity index (χ3n) is 2.83. The molecule has 0 unspecified atom stereocenters. The van der Waals surface area contributed by atoms with Crippen LogP contribution in [0.4, 0.5) is 0 Å². The van der Waals surface area contributed by atoms with Crippen LogP contribution in [0, 0.1) is 12.8 Å². The predicted octanol–water partition coefficient (Wildman–Crippen LogP) is 2.37. The molecule has 0 radical (unpaired) electrons. The molecule has 0 fully saturated rings. The normalized spacial score (nSPS) is 11.9. The summed E-state index contributed by atoms with van der Waals surface area (Å²) >= 11 is 0. The number of carboxylic acids is 1. The number of aliphatic carboxylic acids is 1. The van der Waals surface area contributed by atoms with Crippen LogP contribution < -0.4 is 5.73 Å². The van der Waals surface area contributed by atoms with E-state index in [1.54, 1.807) is 12.1 Å². The van der Waals surface area contributed by atoms with Gasteiger partial charge >= 0.3 is 5.97 Å². The number of hydrogen-bond acceptors (Lipinski definition) is 6. The topological polar surface area (TPSA) is 152 Å². The van der Waals surface area contributed by atoms with Gasteiger partial charge in [-0.2, -0.15) is 8.42 Å². The van der Waals surface area contributed by atoms with Gasteiger partial charge in [0.15, 0.2) is 9.84 Å². The number of carboxylic acid groups (broad SMARTS) is 1. The van der Waals surface area contributed by atoms with Crippen molar-refractivity contribution < 1.29 is 31.3 Å². The molecule has 1 aromatic carbocycles. The maximum absolute atomic E-state index is 10.5. The van der Waals surface area contributed by atoms with Gasteiger partial charge in [0, 0.05) is 10.8 Å². The monoisotopic (exact) mass is 421 g/mol. The molecule has 8 nitrogen and oxygen atoms in total. The highest BCUT2D eigenvalue weighted by Crippen LogP contribution is 2.08.